The molecule has 3 aromatic heterocycles. The van der Waals surface area contributed by atoms with E-state index in [-0.39, 0.29) is 28.1 Å². The highest BCUT2D eigenvalue weighted by Crippen LogP contribution is 2.41. The zero-order valence-corrected chi connectivity index (χ0v) is 21.7. The molecule has 198 valence electrons. The summed E-state index contributed by atoms with van der Waals surface area (Å²) in [4.78, 5) is 54.0. The van der Waals surface area contributed by atoms with Crippen molar-refractivity contribution in [3.8, 4) is 0 Å². The summed E-state index contributed by atoms with van der Waals surface area (Å²) in [5, 5.41) is 9.97. The monoisotopic (exact) mass is 518 g/mol. The highest BCUT2D eigenvalue weighted by atomic mass is 16.6. The van der Waals surface area contributed by atoms with E-state index >= 15 is 0 Å². The lowest BCUT2D eigenvalue weighted by atomic mass is 9.78. The quantitative estimate of drug-likeness (QED) is 0.411. The van der Waals surface area contributed by atoms with Gasteiger partial charge in [0.05, 0.1) is 16.4 Å². The van der Waals surface area contributed by atoms with Crippen molar-refractivity contribution in [1.29, 1.82) is 0 Å². The first-order valence-electron chi connectivity index (χ1n) is 12.8. The number of benzene rings is 1. The first-order valence-corrected chi connectivity index (χ1v) is 12.8. The molecule has 0 aliphatic carbocycles. The summed E-state index contributed by atoms with van der Waals surface area (Å²) in [6.07, 6.45) is 3.86. The van der Waals surface area contributed by atoms with E-state index in [1.165, 1.54) is 6.20 Å². The highest BCUT2D eigenvalue weighted by Gasteiger charge is 2.43. The number of carboxylic acids is 1. The molecule has 6 rings (SSSR count). The third-order valence-electron chi connectivity index (χ3n) is 7.71. The topological polar surface area (TPSA) is 133 Å². The molecule has 2 N–H and O–H groups in total. The van der Waals surface area contributed by atoms with Gasteiger partial charge in [0.15, 0.2) is 5.65 Å². The number of para-hydroxylation sites is 2. The number of hydrogen-bond donors (Lipinski definition) is 2. The number of amides is 1. The zero-order valence-electron chi connectivity index (χ0n) is 21.7. The average Bonchev–Trinajstić information content (AvgIpc) is 3.45. The fourth-order valence-corrected chi connectivity index (χ4v) is 5.76. The number of fused-ring (bicyclic) bond motifs is 5. The van der Waals surface area contributed by atoms with Gasteiger partial charge >= 0.3 is 12.1 Å². The Balaban J connectivity index is 1.33. The van der Waals surface area contributed by atoms with E-state index in [0.717, 1.165) is 37.9 Å². The minimum absolute atomic E-state index is 0.0525. The number of carbonyl (C=O) groups is 2. The first-order chi connectivity index (χ1) is 18.1. The molecule has 2 saturated heterocycles. The molecule has 1 amide bonds. The van der Waals surface area contributed by atoms with Gasteiger partial charge in [-0.25, -0.2) is 14.6 Å². The lowest BCUT2D eigenvalue weighted by Crippen LogP contribution is -2.46. The molecule has 1 spiro atoms. The van der Waals surface area contributed by atoms with E-state index in [0.29, 0.717) is 30.2 Å². The van der Waals surface area contributed by atoms with Crippen molar-refractivity contribution in [2.24, 2.45) is 5.41 Å². The smallest absolute Gasteiger partial charge is 0.410 e. The SMILES string of the molecule is CC(C)(C)OC(=O)N1CCC2(CC1)CCN(c1ncc3c(=O)c(C(=O)O)c4[nH]c5ccccc5n4c3n1)C2. The highest BCUT2D eigenvalue weighted by molar-refractivity contribution is 6.02. The van der Waals surface area contributed by atoms with Gasteiger partial charge in [0, 0.05) is 32.4 Å². The van der Waals surface area contributed by atoms with E-state index in [1.807, 2.05) is 45.0 Å². The summed E-state index contributed by atoms with van der Waals surface area (Å²) in [7, 11) is 0. The maximum Gasteiger partial charge on any atom is 0.410 e. The van der Waals surface area contributed by atoms with Crippen molar-refractivity contribution in [2.45, 2.75) is 45.6 Å². The van der Waals surface area contributed by atoms with Crippen LogP contribution in [0.15, 0.2) is 35.3 Å². The number of aromatic nitrogens is 4. The maximum absolute atomic E-state index is 13.2. The number of imidazole rings is 1. The summed E-state index contributed by atoms with van der Waals surface area (Å²) in [6.45, 7) is 8.41. The van der Waals surface area contributed by atoms with E-state index in [2.05, 4.69) is 14.9 Å². The number of H-pyrrole nitrogens is 1. The molecule has 5 heterocycles. The molecule has 4 aromatic rings. The minimum atomic E-state index is -1.30. The summed E-state index contributed by atoms with van der Waals surface area (Å²) >= 11 is 0. The van der Waals surface area contributed by atoms with Crippen LogP contribution in [0.3, 0.4) is 0 Å². The van der Waals surface area contributed by atoms with Crippen molar-refractivity contribution in [3.63, 3.8) is 0 Å². The number of nitrogens with zero attached hydrogens (tertiary/aromatic N) is 5. The Bertz CT molecular complexity index is 1660. The fourth-order valence-electron chi connectivity index (χ4n) is 5.76. The number of carboxylic acid groups (broad SMARTS) is 1. The van der Waals surface area contributed by atoms with Gasteiger partial charge < -0.3 is 24.6 Å². The van der Waals surface area contributed by atoms with Crippen molar-refractivity contribution >= 4 is 45.7 Å². The Morgan fingerprint density at radius 2 is 1.82 bits per heavy atom. The molecular weight excluding hydrogens is 488 g/mol. The van der Waals surface area contributed by atoms with Crippen LogP contribution in [0.25, 0.3) is 27.7 Å². The second kappa shape index (κ2) is 8.44. The Morgan fingerprint density at radius 3 is 2.53 bits per heavy atom. The molecule has 2 fully saturated rings. The van der Waals surface area contributed by atoms with Crippen molar-refractivity contribution in [3.05, 3.63) is 46.2 Å². The van der Waals surface area contributed by atoms with Crippen LogP contribution >= 0.6 is 0 Å². The molecular formula is C27H30N6O5. The van der Waals surface area contributed by atoms with Gasteiger partial charge in [0.25, 0.3) is 0 Å². The second-order valence-corrected chi connectivity index (χ2v) is 11.4. The lowest BCUT2D eigenvalue weighted by molar-refractivity contribution is 0.0121. The van der Waals surface area contributed by atoms with E-state index in [1.54, 1.807) is 9.30 Å². The number of anilines is 1. The third kappa shape index (κ3) is 3.93. The lowest BCUT2D eigenvalue weighted by Gasteiger charge is -2.39. The van der Waals surface area contributed by atoms with Gasteiger partial charge in [-0.2, -0.15) is 4.98 Å². The fraction of sp³-hybridized carbons (Fsp3) is 0.444. The van der Waals surface area contributed by atoms with Crippen LogP contribution in [0.4, 0.5) is 10.7 Å². The summed E-state index contributed by atoms with van der Waals surface area (Å²) in [5.41, 5.74) is 0.599. The molecule has 0 unspecified atom stereocenters. The first kappa shape index (κ1) is 24.2. The Morgan fingerprint density at radius 1 is 1.11 bits per heavy atom. The largest absolute Gasteiger partial charge is 0.477 e. The summed E-state index contributed by atoms with van der Waals surface area (Å²) in [5.74, 6) is -0.797. The number of aromatic amines is 1. The van der Waals surface area contributed by atoms with Crippen LogP contribution in [0.1, 0.15) is 50.4 Å². The van der Waals surface area contributed by atoms with Crippen molar-refractivity contribution < 1.29 is 19.4 Å². The van der Waals surface area contributed by atoms with Gasteiger partial charge in [0.2, 0.25) is 11.4 Å². The van der Waals surface area contributed by atoms with Gasteiger partial charge in [0.1, 0.15) is 16.8 Å². The zero-order chi connectivity index (χ0) is 26.8. The Hall–Kier alpha value is -4.15. The standard InChI is InChI=1S/C27H30N6O5/c1-26(2,3)38-25(37)31-11-8-27(9-12-31)10-13-32(15-27)24-28-14-16-20(34)19(23(35)36)22-29-17-6-4-5-7-18(17)33(22)21(16)30-24/h4-7,14,29H,8-13,15H2,1-3H3,(H,35,36). The van der Waals surface area contributed by atoms with Crippen LogP contribution in [0.2, 0.25) is 0 Å². The third-order valence-corrected chi connectivity index (χ3v) is 7.71. The predicted octanol–water partition coefficient (Wildman–Crippen LogP) is 3.65. The molecule has 1 aromatic carbocycles. The number of ether oxygens (including phenoxy) is 1. The molecule has 38 heavy (non-hydrogen) atoms. The molecule has 0 radical (unpaired) electrons. The number of nitrogens with one attached hydrogen (secondary N) is 1. The minimum Gasteiger partial charge on any atom is -0.477 e. The van der Waals surface area contributed by atoms with E-state index < -0.39 is 17.0 Å². The average molecular weight is 519 g/mol. The van der Waals surface area contributed by atoms with Crippen LogP contribution < -0.4 is 10.3 Å². The molecule has 0 bridgehead atoms. The molecule has 11 heteroatoms. The number of piperidine rings is 1. The van der Waals surface area contributed by atoms with Gasteiger partial charge in [-0.15, -0.1) is 0 Å². The normalized spacial score (nSPS) is 17.7. The second-order valence-electron chi connectivity index (χ2n) is 11.4. The van der Waals surface area contributed by atoms with Crippen LogP contribution in [0, 0.1) is 5.41 Å². The van der Waals surface area contributed by atoms with Gasteiger partial charge in [-0.3, -0.25) is 9.20 Å². The van der Waals surface area contributed by atoms with Crippen LogP contribution in [-0.4, -0.2) is 73.2 Å². The predicted molar refractivity (Wildman–Crippen MR) is 142 cm³/mol. The van der Waals surface area contributed by atoms with Gasteiger partial charge in [-0.1, -0.05) is 12.1 Å². The van der Waals surface area contributed by atoms with E-state index in [9.17, 15) is 19.5 Å². The maximum atomic E-state index is 13.2. The number of pyridine rings is 1. The van der Waals surface area contributed by atoms with Crippen molar-refractivity contribution in [1.82, 2.24) is 24.3 Å². The Kier molecular flexibility index (Phi) is 5.37. The summed E-state index contributed by atoms with van der Waals surface area (Å²) in [6, 6.07) is 7.40. The van der Waals surface area contributed by atoms with Gasteiger partial charge in [-0.05, 0) is 57.6 Å². The molecule has 11 nitrogen and oxygen atoms in total. The molecule has 0 atom stereocenters. The number of hydrogen-bond acceptors (Lipinski definition) is 7. The van der Waals surface area contributed by atoms with Crippen LogP contribution in [-0.2, 0) is 4.74 Å². The van der Waals surface area contributed by atoms with Crippen LogP contribution in [0.5, 0.6) is 0 Å². The number of rotatable bonds is 2. The van der Waals surface area contributed by atoms with Crippen molar-refractivity contribution in [2.75, 3.05) is 31.1 Å². The number of likely N-dealkylation sites (tertiary alicyclic amines) is 1. The Labute approximate surface area is 218 Å². The molecule has 2 aliphatic heterocycles. The van der Waals surface area contributed by atoms with E-state index in [4.69, 9.17) is 9.72 Å². The molecule has 2 aliphatic rings. The number of aromatic carboxylic acids is 1. The summed E-state index contributed by atoms with van der Waals surface area (Å²) < 4.78 is 7.24. The molecule has 0 saturated carbocycles. The number of carbonyl (C=O) groups excluding carboxylic acids is 1.